The monoisotopic (exact) mass is 287 g/mol. The minimum absolute atomic E-state index is 0.0617. The van der Waals surface area contributed by atoms with Crippen molar-refractivity contribution in [2.45, 2.75) is 33.2 Å². The molecule has 0 saturated heterocycles. The Hall–Kier alpha value is -2.17. The number of hydrogen-bond acceptors (Lipinski definition) is 2. The molecule has 5 heteroatoms. The van der Waals surface area contributed by atoms with Gasteiger partial charge in [0.1, 0.15) is 5.82 Å². The van der Waals surface area contributed by atoms with E-state index in [9.17, 15) is 9.18 Å². The van der Waals surface area contributed by atoms with Crippen LogP contribution in [0.2, 0.25) is 0 Å². The van der Waals surface area contributed by atoms with Gasteiger partial charge in [-0.2, -0.15) is 5.10 Å². The van der Waals surface area contributed by atoms with Gasteiger partial charge in [0.25, 0.3) is 0 Å². The topological polar surface area (TPSA) is 46.9 Å². The third-order valence-electron chi connectivity index (χ3n) is 3.86. The number of halogens is 1. The molecule has 1 aromatic carbocycles. The predicted molar refractivity (Wildman–Crippen MR) is 78.6 cm³/mol. The van der Waals surface area contributed by atoms with E-state index < -0.39 is 0 Å². The summed E-state index contributed by atoms with van der Waals surface area (Å²) in [6, 6.07) is 6.66. The van der Waals surface area contributed by atoms with Gasteiger partial charge < -0.3 is 5.32 Å². The molecule has 110 valence electrons. The van der Waals surface area contributed by atoms with Crippen LogP contribution in [0.3, 0.4) is 0 Å². The number of nitrogens with one attached hydrogen (secondary N) is 1. The Balaban J connectivity index is 1.83. The summed E-state index contributed by atoms with van der Waals surface area (Å²) >= 11 is 0. The molecule has 2 aromatic rings. The minimum atomic E-state index is -0.242. The molecular formula is C16H18FN3O. The summed E-state index contributed by atoms with van der Waals surface area (Å²) in [7, 11) is 0. The van der Waals surface area contributed by atoms with Gasteiger partial charge >= 0.3 is 0 Å². The molecule has 1 fully saturated rings. The van der Waals surface area contributed by atoms with E-state index in [0.29, 0.717) is 12.1 Å². The molecule has 0 aliphatic heterocycles. The third kappa shape index (κ3) is 2.82. The predicted octanol–water partition coefficient (Wildman–Crippen LogP) is 3.04. The lowest BCUT2D eigenvalue weighted by Crippen LogP contribution is -2.14. The number of hydrogen-bond donors (Lipinski definition) is 1. The van der Waals surface area contributed by atoms with E-state index in [0.717, 1.165) is 29.9 Å². The molecule has 1 heterocycles. The second-order valence-corrected chi connectivity index (χ2v) is 5.56. The Morgan fingerprint density at radius 1 is 1.38 bits per heavy atom. The number of benzene rings is 1. The third-order valence-corrected chi connectivity index (χ3v) is 3.86. The molecule has 1 saturated carbocycles. The fourth-order valence-corrected chi connectivity index (χ4v) is 2.39. The molecule has 1 aliphatic carbocycles. The van der Waals surface area contributed by atoms with Gasteiger partial charge in [-0.05, 0) is 32.8 Å². The van der Waals surface area contributed by atoms with Crippen molar-refractivity contribution in [1.82, 2.24) is 9.78 Å². The first-order chi connectivity index (χ1) is 10.1. The van der Waals surface area contributed by atoms with Crippen molar-refractivity contribution in [3.05, 3.63) is 47.0 Å². The van der Waals surface area contributed by atoms with Gasteiger partial charge in [-0.15, -0.1) is 0 Å². The Morgan fingerprint density at radius 3 is 2.76 bits per heavy atom. The standard InChI is InChI=1S/C16H18FN3O/c1-10-15(18-16(21)12-7-8-12)11(2)20(19-10)9-13-5-3-4-6-14(13)17/h3-6,12H,7-9H2,1-2H3,(H,18,21). The second-order valence-electron chi connectivity index (χ2n) is 5.56. The van der Waals surface area contributed by atoms with Crippen LogP contribution in [-0.4, -0.2) is 15.7 Å². The van der Waals surface area contributed by atoms with Gasteiger partial charge in [0, 0.05) is 11.5 Å². The van der Waals surface area contributed by atoms with E-state index in [1.54, 1.807) is 22.9 Å². The van der Waals surface area contributed by atoms with Crippen LogP contribution in [0.25, 0.3) is 0 Å². The van der Waals surface area contributed by atoms with Gasteiger partial charge in [-0.25, -0.2) is 4.39 Å². The van der Waals surface area contributed by atoms with E-state index in [-0.39, 0.29) is 17.6 Å². The molecule has 1 N–H and O–H groups in total. The average Bonchev–Trinajstić information content (AvgIpc) is 3.26. The summed E-state index contributed by atoms with van der Waals surface area (Å²) in [5.41, 5.74) is 2.95. The van der Waals surface area contributed by atoms with Crippen molar-refractivity contribution in [3.63, 3.8) is 0 Å². The number of amides is 1. The summed E-state index contributed by atoms with van der Waals surface area (Å²) in [6.45, 7) is 4.11. The fraction of sp³-hybridized carbons (Fsp3) is 0.375. The first-order valence-electron chi connectivity index (χ1n) is 7.14. The number of anilines is 1. The molecule has 3 rings (SSSR count). The first kappa shape index (κ1) is 13.8. The highest BCUT2D eigenvalue weighted by Gasteiger charge is 2.30. The Kier molecular flexibility index (Phi) is 3.49. The maximum atomic E-state index is 13.7. The number of carbonyl (C=O) groups excluding carboxylic acids is 1. The SMILES string of the molecule is Cc1nn(Cc2ccccc2F)c(C)c1NC(=O)C1CC1. The van der Waals surface area contributed by atoms with Crippen molar-refractivity contribution in [2.24, 2.45) is 5.92 Å². The van der Waals surface area contributed by atoms with E-state index in [1.807, 2.05) is 13.8 Å². The van der Waals surface area contributed by atoms with Gasteiger partial charge in [0.05, 0.1) is 23.6 Å². The van der Waals surface area contributed by atoms with Crippen molar-refractivity contribution in [3.8, 4) is 0 Å². The highest BCUT2D eigenvalue weighted by atomic mass is 19.1. The molecule has 0 atom stereocenters. The van der Waals surface area contributed by atoms with Gasteiger partial charge in [-0.3, -0.25) is 9.48 Å². The zero-order valence-corrected chi connectivity index (χ0v) is 12.2. The van der Waals surface area contributed by atoms with Crippen LogP contribution in [0.5, 0.6) is 0 Å². The van der Waals surface area contributed by atoms with Gasteiger partial charge in [-0.1, -0.05) is 18.2 Å². The van der Waals surface area contributed by atoms with E-state index >= 15 is 0 Å². The maximum Gasteiger partial charge on any atom is 0.227 e. The second kappa shape index (κ2) is 5.31. The number of aromatic nitrogens is 2. The van der Waals surface area contributed by atoms with Crippen LogP contribution in [0.15, 0.2) is 24.3 Å². The lowest BCUT2D eigenvalue weighted by molar-refractivity contribution is -0.117. The van der Waals surface area contributed by atoms with Crippen LogP contribution in [0.4, 0.5) is 10.1 Å². The summed E-state index contributed by atoms with van der Waals surface area (Å²) in [4.78, 5) is 11.9. The van der Waals surface area contributed by atoms with Crippen molar-refractivity contribution < 1.29 is 9.18 Å². The largest absolute Gasteiger partial charge is 0.323 e. The number of carbonyl (C=O) groups is 1. The fourth-order valence-electron chi connectivity index (χ4n) is 2.39. The first-order valence-corrected chi connectivity index (χ1v) is 7.14. The van der Waals surface area contributed by atoms with E-state index in [1.165, 1.54) is 6.07 Å². The Bertz CT molecular complexity index is 689. The molecule has 0 bridgehead atoms. The van der Waals surface area contributed by atoms with Gasteiger partial charge in [0.2, 0.25) is 5.91 Å². The number of rotatable bonds is 4. The average molecular weight is 287 g/mol. The maximum absolute atomic E-state index is 13.7. The normalized spacial score (nSPS) is 14.2. The van der Waals surface area contributed by atoms with Crippen molar-refractivity contribution in [2.75, 3.05) is 5.32 Å². The molecule has 0 unspecified atom stereocenters. The number of aryl methyl sites for hydroxylation is 1. The Labute approximate surface area is 123 Å². The van der Waals surface area contributed by atoms with Crippen LogP contribution in [-0.2, 0) is 11.3 Å². The number of nitrogens with zero attached hydrogens (tertiary/aromatic N) is 2. The summed E-state index contributed by atoms with van der Waals surface area (Å²) in [5, 5.41) is 7.36. The van der Waals surface area contributed by atoms with Crippen molar-refractivity contribution >= 4 is 11.6 Å². The summed E-state index contributed by atoms with van der Waals surface area (Å²) in [5.74, 6) is -0.0287. The lowest BCUT2D eigenvalue weighted by Gasteiger charge is -2.07. The molecule has 1 aliphatic rings. The summed E-state index contributed by atoms with van der Waals surface area (Å²) < 4.78 is 15.5. The van der Waals surface area contributed by atoms with Crippen LogP contribution < -0.4 is 5.32 Å². The van der Waals surface area contributed by atoms with Crippen molar-refractivity contribution in [1.29, 1.82) is 0 Å². The molecule has 1 aromatic heterocycles. The minimum Gasteiger partial charge on any atom is -0.323 e. The van der Waals surface area contributed by atoms with Crippen LogP contribution >= 0.6 is 0 Å². The summed E-state index contributed by atoms with van der Waals surface area (Å²) in [6.07, 6.45) is 1.93. The van der Waals surface area contributed by atoms with Crippen LogP contribution in [0.1, 0.15) is 29.8 Å². The zero-order valence-electron chi connectivity index (χ0n) is 12.2. The molecule has 1 amide bonds. The lowest BCUT2D eigenvalue weighted by atomic mass is 10.2. The zero-order chi connectivity index (χ0) is 15.0. The smallest absolute Gasteiger partial charge is 0.227 e. The molecule has 4 nitrogen and oxygen atoms in total. The molecule has 0 spiro atoms. The molecule has 21 heavy (non-hydrogen) atoms. The Morgan fingerprint density at radius 2 is 2.10 bits per heavy atom. The van der Waals surface area contributed by atoms with Gasteiger partial charge in [0.15, 0.2) is 0 Å². The highest BCUT2D eigenvalue weighted by molar-refractivity contribution is 5.95. The van der Waals surface area contributed by atoms with E-state index in [2.05, 4.69) is 10.4 Å². The quantitative estimate of drug-likeness (QED) is 0.939. The van der Waals surface area contributed by atoms with E-state index in [4.69, 9.17) is 0 Å². The molecular weight excluding hydrogens is 269 g/mol. The molecule has 0 radical (unpaired) electrons. The highest BCUT2D eigenvalue weighted by Crippen LogP contribution is 2.31. The van der Waals surface area contributed by atoms with Crippen LogP contribution in [0, 0.1) is 25.6 Å².